The van der Waals surface area contributed by atoms with Crippen molar-refractivity contribution in [3.05, 3.63) is 47.4 Å². The van der Waals surface area contributed by atoms with Crippen LogP contribution in [0.2, 0.25) is 0 Å². The summed E-state index contributed by atoms with van der Waals surface area (Å²) in [6, 6.07) is 7.93. The predicted molar refractivity (Wildman–Crippen MR) is 70.5 cm³/mol. The van der Waals surface area contributed by atoms with Crippen molar-refractivity contribution in [2.24, 2.45) is 0 Å². The van der Waals surface area contributed by atoms with Gasteiger partial charge in [0.15, 0.2) is 0 Å². The first kappa shape index (κ1) is 13.5. The van der Waals surface area contributed by atoms with Gasteiger partial charge in [-0.1, -0.05) is 17.7 Å². The van der Waals surface area contributed by atoms with Crippen molar-refractivity contribution in [2.45, 2.75) is 25.7 Å². The Hall–Kier alpha value is -1.95. The monoisotopic (exact) mass is 278 g/mol. The maximum Gasteiger partial charge on any atom is 0.340 e. The van der Waals surface area contributed by atoms with Crippen LogP contribution >= 0.6 is 0 Å². The third-order valence-corrected chi connectivity index (χ3v) is 3.69. The minimum Gasteiger partial charge on any atom is -0.358 e. The van der Waals surface area contributed by atoms with Crippen molar-refractivity contribution in [3.63, 3.8) is 0 Å². The van der Waals surface area contributed by atoms with E-state index in [2.05, 4.69) is 9.97 Å². The molecule has 0 saturated carbocycles. The molecular weight excluding hydrogens is 264 g/mol. The van der Waals surface area contributed by atoms with E-state index in [-0.39, 0.29) is 10.8 Å². The SMILES string of the molecule is Cc1ccc(S(=O)(=O)Oc2cc(C)nc(C)n2)cc1. The third-order valence-electron chi connectivity index (χ3n) is 2.45. The first-order valence-corrected chi connectivity index (χ1v) is 7.11. The molecule has 0 fully saturated rings. The average Bonchev–Trinajstić information content (AvgIpc) is 2.27. The second-order valence-corrected chi connectivity index (χ2v) is 5.79. The molecule has 2 rings (SSSR count). The van der Waals surface area contributed by atoms with Crippen LogP contribution in [-0.4, -0.2) is 18.4 Å². The molecule has 0 saturated heterocycles. The van der Waals surface area contributed by atoms with Crippen LogP contribution in [-0.2, 0) is 10.1 Å². The molecule has 0 N–H and O–H groups in total. The molecule has 100 valence electrons. The van der Waals surface area contributed by atoms with Gasteiger partial charge in [-0.3, -0.25) is 0 Å². The molecular formula is C13H14N2O3S. The molecule has 0 aliphatic rings. The Morgan fingerprint density at radius 2 is 1.63 bits per heavy atom. The number of benzene rings is 1. The Morgan fingerprint density at radius 3 is 2.21 bits per heavy atom. The summed E-state index contributed by atoms with van der Waals surface area (Å²) in [4.78, 5) is 8.12. The highest BCUT2D eigenvalue weighted by Crippen LogP contribution is 2.17. The summed E-state index contributed by atoms with van der Waals surface area (Å²) < 4.78 is 29.1. The summed E-state index contributed by atoms with van der Waals surface area (Å²) in [5.41, 5.74) is 1.63. The van der Waals surface area contributed by atoms with E-state index in [1.54, 1.807) is 26.0 Å². The molecule has 0 atom stereocenters. The van der Waals surface area contributed by atoms with Gasteiger partial charge in [-0.25, -0.2) is 4.98 Å². The maximum atomic E-state index is 12.1. The fourth-order valence-electron chi connectivity index (χ4n) is 1.59. The van der Waals surface area contributed by atoms with E-state index in [1.165, 1.54) is 18.2 Å². The van der Waals surface area contributed by atoms with Crippen LogP contribution < -0.4 is 4.18 Å². The zero-order chi connectivity index (χ0) is 14.0. The minimum atomic E-state index is -3.85. The molecule has 0 aliphatic carbocycles. The van der Waals surface area contributed by atoms with Crippen molar-refractivity contribution in [2.75, 3.05) is 0 Å². The number of hydrogen-bond acceptors (Lipinski definition) is 5. The van der Waals surface area contributed by atoms with E-state index in [0.29, 0.717) is 11.5 Å². The molecule has 19 heavy (non-hydrogen) atoms. The molecule has 0 spiro atoms. The van der Waals surface area contributed by atoms with Gasteiger partial charge in [0, 0.05) is 11.8 Å². The highest BCUT2D eigenvalue weighted by Gasteiger charge is 2.17. The number of aryl methyl sites for hydroxylation is 3. The van der Waals surface area contributed by atoms with E-state index in [1.807, 2.05) is 6.92 Å². The standard InChI is InChI=1S/C13H14N2O3S/c1-9-4-6-12(7-5-9)19(16,17)18-13-8-10(2)14-11(3)15-13/h4-8H,1-3H3. The van der Waals surface area contributed by atoms with Gasteiger partial charge < -0.3 is 4.18 Å². The summed E-state index contributed by atoms with van der Waals surface area (Å²) >= 11 is 0. The van der Waals surface area contributed by atoms with Crippen molar-refractivity contribution >= 4 is 10.1 Å². The molecule has 0 bridgehead atoms. The molecule has 1 aromatic carbocycles. The van der Waals surface area contributed by atoms with Gasteiger partial charge in [0.05, 0.1) is 0 Å². The zero-order valence-corrected chi connectivity index (χ0v) is 11.7. The molecule has 0 radical (unpaired) electrons. The zero-order valence-electron chi connectivity index (χ0n) is 10.9. The van der Waals surface area contributed by atoms with Gasteiger partial charge >= 0.3 is 10.1 Å². The second kappa shape index (κ2) is 4.97. The van der Waals surface area contributed by atoms with Crippen LogP contribution in [0.5, 0.6) is 5.88 Å². The molecule has 1 aromatic heterocycles. The first-order chi connectivity index (χ1) is 8.87. The van der Waals surface area contributed by atoms with Crippen LogP contribution in [0.3, 0.4) is 0 Å². The summed E-state index contributed by atoms with van der Waals surface area (Å²) in [7, 11) is -3.85. The van der Waals surface area contributed by atoms with Crippen LogP contribution in [0.15, 0.2) is 35.2 Å². The van der Waals surface area contributed by atoms with Gasteiger partial charge in [-0.15, -0.1) is 0 Å². The Balaban J connectivity index is 2.33. The van der Waals surface area contributed by atoms with Gasteiger partial charge in [0.1, 0.15) is 10.7 Å². The highest BCUT2D eigenvalue weighted by molar-refractivity contribution is 7.87. The Labute approximate surface area is 112 Å². The minimum absolute atomic E-state index is 0.0329. The predicted octanol–water partition coefficient (Wildman–Crippen LogP) is 2.17. The number of hydrogen-bond donors (Lipinski definition) is 0. The lowest BCUT2D eigenvalue weighted by molar-refractivity contribution is 0.474. The molecule has 1 heterocycles. The fraction of sp³-hybridized carbons (Fsp3) is 0.231. The Kier molecular flexibility index (Phi) is 3.53. The smallest absolute Gasteiger partial charge is 0.340 e. The van der Waals surface area contributed by atoms with Crippen molar-refractivity contribution in [3.8, 4) is 5.88 Å². The van der Waals surface area contributed by atoms with E-state index in [4.69, 9.17) is 4.18 Å². The van der Waals surface area contributed by atoms with E-state index >= 15 is 0 Å². The summed E-state index contributed by atoms with van der Waals surface area (Å²) in [5, 5.41) is 0. The van der Waals surface area contributed by atoms with Crippen LogP contribution in [0.25, 0.3) is 0 Å². The van der Waals surface area contributed by atoms with Crippen LogP contribution in [0, 0.1) is 20.8 Å². The molecule has 0 amide bonds. The van der Waals surface area contributed by atoms with Crippen LogP contribution in [0.4, 0.5) is 0 Å². The second-order valence-electron chi connectivity index (χ2n) is 4.25. The molecule has 2 aromatic rings. The van der Waals surface area contributed by atoms with E-state index in [9.17, 15) is 8.42 Å². The maximum absolute atomic E-state index is 12.1. The number of rotatable bonds is 3. The first-order valence-electron chi connectivity index (χ1n) is 5.70. The lowest BCUT2D eigenvalue weighted by Gasteiger charge is -2.07. The van der Waals surface area contributed by atoms with Crippen LogP contribution in [0.1, 0.15) is 17.1 Å². The summed E-state index contributed by atoms with van der Waals surface area (Å²) in [6.07, 6.45) is 0. The highest BCUT2D eigenvalue weighted by atomic mass is 32.2. The van der Waals surface area contributed by atoms with E-state index < -0.39 is 10.1 Å². The average molecular weight is 278 g/mol. The van der Waals surface area contributed by atoms with Gasteiger partial charge in [-0.2, -0.15) is 13.4 Å². The lowest BCUT2D eigenvalue weighted by atomic mass is 10.2. The van der Waals surface area contributed by atoms with Gasteiger partial charge in [0.2, 0.25) is 5.88 Å². The molecule has 5 nitrogen and oxygen atoms in total. The molecule has 0 aliphatic heterocycles. The Bertz CT molecular complexity index is 674. The Morgan fingerprint density at radius 1 is 1.00 bits per heavy atom. The summed E-state index contributed by atoms with van der Waals surface area (Å²) in [5.74, 6) is 0.500. The van der Waals surface area contributed by atoms with Crippen molar-refractivity contribution in [1.82, 2.24) is 9.97 Å². The third kappa shape index (κ3) is 3.29. The van der Waals surface area contributed by atoms with Crippen molar-refractivity contribution in [1.29, 1.82) is 0 Å². The topological polar surface area (TPSA) is 69.2 Å². The van der Waals surface area contributed by atoms with Crippen molar-refractivity contribution < 1.29 is 12.6 Å². The number of nitrogens with zero attached hydrogens (tertiary/aromatic N) is 2. The summed E-state index contributed by atoms with van der Waals surface area (Å²) in [6.45, 7) is 5.31. The van der Waals surface area contributed by atoms with Gasteiger partial charge in [-0.05, 0) is 32.9 Å². The lowest BCUT2D eigenvalue weighted by Crippen LogP contribution is -2.11. The largest absolute Gasteiger partial charge is 0.358 e. The fourth-order valence-corrected chi connectivity index (χ4v) is 2.47. The quantitative estimate of drug-likeness (QED) is 0.805. The van der Waals surface area contributed by atoms with Gasteiger partial charge in [0.25, 0.3) is 0 Å². The molecule has 6 heteroatoms. The normalized spacial score (nSPS) is 11.3. The number of aromatic nitrogens is 2. The van der Waals surface area contributed by atoms with E-state index in [0.717, 1.165) is 5.56 Å². The molecule has 0 unspecified atom stereocenters.